The van der Waals surface area contributed by atoms with Crippen LogP contribution < -0.4 is 10.6 Å². The number of nitrogens with zero attached hydrogens (tertiary/aromatic N) is 1. The Morgan fingerprint density at radius 3 is 2.33 bits per heavy atom. The van der Waals surface area contributed by atoms with Crippen molar-refractivity contribution in [2.75, 3.05) is 18.4 Å². The van der Waals surface area contributed by atoms with E-state index in [0.29, 0.717) is 13.1 Å². The van der Waals surface area contributed by atoms with Gasteiger partial charge in [-0.2, -0.15) is 0 Å². The van der Waals surface area contributed by atoms with Gasteiger partial charge < -0.3 is 15.5 Å². The van der Waals surface area contributed by atoms with Crippen LogP contribution in [0.2, 0.25) is 0 Å². The number of hydrogen-bond acceptors (Lipinski definition) is 2. The van der Waals surface area contributed by atoms with Crippen LogP contribution in [0, 0.1) is 6.92 Å². The molecule has 1 aliphatic heterocycles. The number of carbonyl (C=O) groups is 2. The second-order valence-corrected chi connectivity index (χ2v) is 6.81. The number of piperidine rings is 1. The van der Waals surface area contributed by atoms with Gasteiger partial charge in [0.05, 0.1) is 0 Å². The van der Waals surface area contributed by atoms with Crippen molar-refractivity contribution < 1.29 is 9.59 Å². The lowest BCUT2D eigenvalue weighted by Crippen LogP contribution is -2.47. The summed E-state index contributed by atoms with van der Waals surface area (Å²) < 4.78 is 0. The summed E-state index contributed by atoms with van der Waals surface area (Å²) in [4.78, 5) is 26.2. The molecule has 0 aliphatic carbocycles. The Kier molecular flexibility index (Phi) is 6.26. The number of hydrogen-bond donors (Lipinski definition) is 2. The van der Waals surface area contributed by atoms with Gasteiger partial charge in [0.25, 0.3) is 0 Å². The van der Waals surface area contributed by atoms with Crippen LogP contribution in [-0.2, 0) is 4.79 Å². The molecule has 1 heterocycles. The molecular formula is C22H25N3O2. The third kappa shape index (κ3) is 5.71. The first-order chi connectivity index (χ1) is 13.1. The molecule has 3 rings (SSSR count). The maximum absolute atomic E-state index is 12.3. The monoisotopic (exact) mass is 363 g/mol. The van der Waals surface area contributed by atoms with E-state index in [1.807, 2.05) is 67.6 Å². The zero-order chi connectivity index (χ0) is 19.1. The van der Waals surface area contributed by atoms with E-state index in [9.17, 15) is 9.59 Å². The largest absolute Gasteiger partial charge is 0.350 e. The highest BCUT2D eigenvalue weighted by molar-refractivity contribution is 5.92. The minimum Gasteiger partial charge on any atom is -0.350 e. The molecule has 2 aromatic rings. The third-order valence-electron chi connectivity index (χ3n) is 4.66. The van der Waals surface area contributed by atoms with E-state index in [0.717, 1.165) is 24.1 Å². The molecule has 0 bridgehead atoms. The highest BCUT2D eigenvalue weighted by Crippen LogP contribution is 2.13. The molecule has 1 saturated heterocycles. The van der Waals surface area contributed by atoms with Crippen LogP contribution in [0.25, 0.3) is 6.08 Å². The van der Waals surface area contributed by atoms with Crippen LogP contribution in [0.5, 0.6) is 0 Å². The van der Waals surface area contributed by atoms with Crippen molar-refractivity contribution >= 4 is 23.7 Å². The lowest BCUT2D eigenvalue weighted by molar-refractivity contribution is -0.117. The average molecular weight is 363 g/mol. The highest BCUT2D eigenvalue weighted by atomic mass is 16.2. The van der Waals surface area contributed by atoms with Gasteiger partial charge in [0.15, 0.2) is 0 Å². The van der Waals surface area contributed by atoms with E-state index in [1.54, 1.807) is 11.0 Å². The first-order valence-electron chi connectivity index (χ1n) is 9.26. The molecule has 0 aromatic heterocycles. The van der Waals surface area contributed by atoms with Crippen molar-refractivity contribution in [3.8, 4) is 0 Å². The molecule has 1 fully saturated rings. The molecular weight excluding hydrogens is 338 g/mol. The molecule has 27 heavy (non-hydrogen) atoms. The number of urea groups is 1. The standard InChI is InChI=1S/C22H25N3O2/c1-17-7-9-18(10-8-17)11-12-21(26)23-20-13-15-25(16-14-20)22(27)24-19-5-3-2-4-6-19/h2-12,20H,13-16H2,1H3,(H,23,26)(H,24,27)/b12-11+. The molecule has 2 aromatic carbocycles. The van der Waals surface area contributed by atoms with Gasteiger partial charge in [-0.3, -0.25) is 4.79 Å². The van der Waals surface area contributed by atoms with Gasteiger partial charge in [-0.25, -0.2) is 4.79 Å². The topological polar surface area (TPSA) is 61.4 Å². The average Bonchev–Trinajstić information content (AvgIpc) is 2.69. The Balaban J connectivity index is 1.43. The van der Waals surface area contributed by atoms with Gasteiger partial charge in [0.1, 0.15) is 0 Å². The number of carbonyl (C=O) groups excluding carboxylic acids is 2. The van der Waals surface area contributed by atoms with Crippen molar-refractivity contribution in [3.63, 3.8) is 0 Å². The zero-order valence-corrected chi connectivity index (χ0v) is 15.5. The molecule has 0 saturated carbocycles. The maximum Gasteiger partial charge on any atom is 0.321 e. The Hall–Kier alpha value is -3.08. The van der Waals surface area contributed by atoms with E-state index in [-0.39, 0.29) is 18.0 Å². The summed E-state index contributed by atoms with van der Waals surface area (Å²) >= 11 is 0. The minimum atomic E-state index is -0.0947. The number of aryl methyl sites for hydroxylation is 1. The first-order valence-corrected chi connectivity index (χ1v) is 9.26. The number of anilines is 1. The smallest absolute Gasteiger partial charge is 0.321 e. The van der Waals surface area contributed by atoms with Crippen molar-refractivity contribution in [2.45, 2.75) is 25.8 Å². The first kappa shape index (κ1) is 18.7. The predicted molar refractivity (Wildman–Crippen MR) is 108 cm³/mol. The van der Waals surface area contributed by atoms with E-state index in [1.165, 1.54) is 5.56 Å². The van der Waals surface area contributed by atoms with Crippen LogP contribution in [0.3, 0.4) is 0 Å². The van der Waals surface area contributed by atoms with Crippen molar-refractivity contribution in [1.29, 1.82) is 0 Å². The van der Waals surface area contributed by atoms with Gasteiger partial charge >= 0.3 is 6.03 Å². The Bertz CT molecular complexity index is 792. The van der Waals surface area contributed by atoms with E-state index in [2.05, 4.69) is 10.6 Å². The van der Waals surface area contributed by atoms with Gasteiger partial charge in [-0.05, 0) is 43.5 Å². The summed E-state index contributed by atoms with van der Waals surface area (Å²) in [5.41, 5.74) is 2.99. The number of likely N-dealkylation sites (tertiary alicyclic amines) is 1. The number of nitrogens with one attached hydrogen (secondary N) is 2. The lowest BCUT2D eigenvalue weighted by Gasteiger charge is -2.32. The number of amides is 3. The van der Waals surface area contributed by atoms with Crippen molar-refractivity contribution in [3.05, 3.63) is 71.8 Å². The van der Waals surface area contributed by atoms with Crippen LogP contribution in [0.4, 0.5) is 10.5 Å². The van der Waals surface area contributed by atoms with Crippen molar-refractivity contribution in [1.82, 2.24) is 10.2 Å². The molecule has 3 amide bonds. The summed E-state index contributed by atoms with van der Waals surface area (Å²) in [6.45, 7) is 3.29. The summed E-state index contributed by atoms with van der Waals surface area (Å²) in [7, 11) is 0. The van der Waals surface area contributed by atoms with Crippen LogP contribution >= 0.6 is 0 Å². The maximum atomic E-state index is 12.3. The van der Waals surface area contributed by atoms with Gasteiger partial charge in [0.2, 0.25) is 5.91 Å². The summed E-state index contributed by atoms with van der Waals surface area (Å²) in [6, 6.07) is 17.5. The predicted octanol–water partition coefficient (Wildman–Crippen LogP) is 3.82. The van der Waals surface area contributed by atoms with Gasteiger partial charge in [0, 0.05) is 30.9 Å². The molecule has 1 aliphatic rings. The molecule has 0 unspecified atom stereocenters. The number of rotatable bonds is 4. The quantitative estimate of drug-likeness (QED) is 0.811. The molecule has 5 nitrogen and oxygen atoms in total. The van der Waals surface area contributed by atoms with Gasteiger partial charge in [-0.15, -0.1) is 0 Å². The Labute approximate surface area is 160 Å². The minimum absolute atomic E-state index is 0.0924. The zero-order valence-electron chi connectivity index (χ0n) is 15.5. The van der Waals surface area contributed by atoms with E-state index in [4.69, 9.17) is 0 Å². The summed E-state index contributed by atoms with van der Waals surface area (Å²) in [5, 5.41) is 5.92. The normalized spacial score (nSPS) is 14.9. The Morgan fingerprint density at radius 1 is 1.00 bits per heavy atom. The van der Waals surface area contributed by atoms with Crippen LogP contribution in [-0.4, -0.2) is 36.0 Å². The fourth-order valence-corrected chi connectivity index (χ4v) is 3.05. The summed E-state index contributed by atoms with van der Waals surface area (Å²) in [6.07, 6.45) is 4.90. The molecule has 2 N–H and O–H groups in total. The van der Waals surface area contributed by atoms with Crippen LogP contribution in [0.1, 0.15) is 24.0 Å². The highest BCUT2D eigenvalue weighted by Gasteiger charge is 2.23. The van der Waals surface area contributed by atoms with E-state index >= 15 is 0 Å². The number of benzene rings is 2. The molecule has 0 atom stereocenters. The lowest BCUT2D eigenvalue weighted by atomic mass is 10.1. The summed E-state index contributed by atoms with van der Waals surface area (Å²) in [5.74, 6) is -0.0947. The van der Waals surface area contributed by atoms with E-state index < -0.39 is 0 Å². The Morgan fingerprint density at radius 2 is 1.67 bits per heavy atom. The SMILES string of the molecule is Cc1ccc(/C=C/C(=O)NC2CCN(C(=O)Nc3ccccc3)CC2)cc1. The molecule has 140 valence electrons. The second kappa shape index (κ2) is 9.03. The molecule has 5 heteroatoms. The third-order valence-corrected chi connectivity index (χ3v) is 4.66. The number of para-hydroxylation sites is 1. The second-order valence-electron chi connectivity index (χ2n) is 6.81. The molecule has 0 spiro atoms. The van der Waals surface area contributed by atoms with Gasteiger partial charge in [-0.1, -0.05) is 48.0 Å². The van der Waals surface area contributed by atoms with Crippen LogP contribution in [0.15, 0.2) is 60.7 Å². The fourth-order valence-electron chi connectivity index (χ4n) is 3.05. The fraction of sp³-hybridized carbons (Fsp3) is 0.273. The van der Waals surface area contributed by atoms with Crippen molar-refractivity contribution in [2.24, 2.45) is 0 Å². The molecule has 0 radical (unpaired) electrons.